The number of nitrogens with zero attached hydrogens (tertiary/aromatic N) is 1. The average molecular weight is 412 g/mol. The van der Waals surface area contributed by atoms with Crippen LogP contribution < -0.4 is 10.6 Å². The van der Waals surface area contributed by atoms with E-state index in [1.165, 1.54) is 0 Å². The van der Waals surface area contributed by atoms with Gasteiger partial charge in [-0.05, 0) is 80.3 Å². The molecule has 152 valence electrons. The number of hydrogen-bond donors (Lipinski definition) is 2. The number of hydrogen-bond acceptors (Lipinski definition) is 3. The second-order valence-corrected chi connectivity index (χ2v) is 8.61. The van der Waals surface area contributed by atoms with Crippen molar-refractivity contribution in [2.24, 2.45) is 17.8 Å². The highest BCUT2D eigenvalue weighted by Gasteiger charge is 2.58. The van der Waals surface area contributed by atoms with Gasteiger partial charge < -0.3 is 10.6 Å². The van der Waals surface area contributed by atoms with Crippen LogP contribution in [0.25, 0.3) is 0 Å². The summed E-state index contributed by atoms with van der Waals surface area (Å²) in [7, 11) is 0. The Labute approximate surface area is 176 Å². The number of carbonyl (C=O) groups is 2. The summed E-state index contributed by atoms with van der Waals surface area (Å²) in [5.74, 6) is 1.57. The first kappa shape index (κ1) is 19.9. The third-order valence-corrected chi connectivity index (χ3v) is 6.68. The van der Waals surface area contributed by atoms with E-state index in [0.29, 0.717) is 33.9 Å². The van der Waals surface area contributed by atoms with Gasteiger partial charge in [-0.2, -0.15) is 0 Å². The van der Waals surface area contributed by atoms with Crippen LogP contribution in [0.1, 0.15) is 52.6 Å². The first-order valence-corrected chi connectivity index (χ1v) is 10.6. The molecule has 2 amide bonds. The van der Waals surface area contributed by atoms with Crippen molar-refractivity contribution in [1.29, 1.82) is 0 Å². The molecule has 6 heteroatoms. The fraction of sp³-hybridized carbons (Fsp3) is 0.435. The quantitative estimate of drug-likeness (QED) is 0.754. The van der Waals surface area contributed by atoms with E-state index in [-0.39, 0.29) is 23.9 Å². The molecule has 1 aromatic carbocycles. The summed E-state index contributed by atoms with van der Waals surface area (Å²) in [6, 6.07) is 11.0. The van der Waals surface area contributed by atoms with Crippen LogP contribution in [0.5, 0.6) is 0 Å². The summed E-state index contributed by atoms with van der Waals surface area (Å²) >= 11 is 5.91. The Morgan fingerprint density at radius 1 is 1.14 bits per heavy atom. The molecular formula is C23H26ClN3O2. The van der Waals surface area contributed by atoms with Gasteiger partial charge in [0.1, 0.15) is 0 Å². The van der Waals surface area contributed by atoms with Crippen molar-refractivity contribution in [3.05, 3.63) is 64.4 Å². The Hall–Kier alpha value is -2.40. The number of rotatable bonds is 6. The van der Waals surface area contributed by atoms with Crippen molar-refractivity contribution < 1.29 is 9.59 Å². The van der Waals surface area contributed by atoms with Crippen LogP contribution in [0.4, 0.5) is 0 Å². The lowest BCUT2D eigenvalue weighted by Gasteiger charge is -2.22. The molecule has 0 saturated heterocycles. The van der Waals surface area contributed by atoms with Crippen LogP contribution in [0.15, 0.2) is 42.6 Å². The van der Waals surface area contributed by atoms with Crippen molar-refractivity contribution >= 4 is 23.4 Å². The van der Waals surface area contributed by atoms with Crippen molar-refractivity contribution in [2.75, 3.05) is 0 Å². The SMILES string of the molecule is CCC(NC(=O)c1ccc(Cl)cc1)C1[C@H]2CC(NC(=O)c3cccnc3C)C[C@@H]12. The van der Waals surface area contributed by atoms with E-state index in [1.807, 2.05) is 13.0 Å². The second kappa shape index (κ2) is 8.15. The van der Waals surface area contributed by atoms with E-state index in [4.69, 9.17) is 11.6 Å². The molecule has 4 rings (SSSR count). The Morgan fingerprint density at radius 2 is 1.83 bits per heavy atom. The summed E-state index contributed by atoms with van der Waals surface area (Å²) in [6.07, 6.45) is 4.56. The van der Waals surface area contributed by atoms with E-state index in [1.54, 1.807) is 36.5 Å². The number of amides is 2. The van der Waals surface area contributed by atoms with Crippen LogP contribution in [0.3, 0.4) is 0 Å². The molecule has 0 radical (unpaired) electrons. The first-order chi connectivity index (χ1) is 14.0. The zero-order valence-corrected chi connectivity index (χ0v) is 17.4. The van der Waals surface area contributed by atoms with Gasteiger partial charge in [-0.25, -0.2) is 0 Å². The molecule has 5 nitrogen and oxygen atoms in total. The molecule has 1 heterocycles. The molecule has 1 aromatic heterocycles. The molecule has 29 heavy (non-hydrogen) atoms. The Bertz CT molecular complexity index is 903. The fourth-order valence-corrected chi connectivity index (χ4v) is 5.04. The number of fused-ring (bicyclic) bond motifs is 1. The predicted octanol–water partition coefficient (Wildman–Crippen LogP) is 4.01. The number of halogens is 1. The van der Waals surface area contributed by atoms with Gasteiger partial charge >= 0.3 is 0 Å². The van der Waals surface area contributed by atoms with Crippen molar-refractivity contribution in [2.45, 2.75) is 45.2 Å². The van der Waals surface area contributed by atoms with Crippen molar-refractivity contribution in [1.82, 2.24) is 15.6 Å². The maximum Gasteiger partial charge on any atom is 0.253 e. The van der Waals surface area contributed by atoms with E-state index in [0.717, 1.165) is 25.0 Å². The molecule has 2 aromatic rings. The third-order valence-electron chi connectivity index (χ3n) is 6.43. The standard InChI is InChI=1S/C23H26ClN3O2/c1-3-20(27-22(28)14-6-8-15(24)9-7-14)21-18-11-16(12-19(18)21)26-23(29)17-5-4-10-25-13(17)2/h4-10,16,18-21H,3,11-12H2,1-2H3,(H,26,29)(H,27,28)/t16?,18-,19+,20?,21?. The molecular weight excluding hydrogens is 386 g/mol. The molecule has 2 saturated carbocycles. The van der Waals surface area contributed by atoms with Crippen LogP contribution in [0.2, 0.25) is 5.02 Å². The van der Waals surface area contributed by atoms with Gasteiger partial charge in [-0.15, -0.1) is 0 Å². The van der Waals surface area contributed by atoms with Gasteiger partial charge in [0, 0.05) is 34.6 Å². The highest BCUT2D eigenvalue weighted by atomic mass is 35.5. The van der Waals surface area contributed by atoms with Gasteiger partial charge in [-0.1, -0.05) is 18.5 Å². The zero-order chi connectivity index (χ0) is 20.5. The van der Waals surface area contributed by atoms with Gasteiger partial charge in [0.15, 0.2) is 0 Å². The monoisotopic (exact) mass is 411 g/mol. The molecule has 0 bridgehead atoms. The zero-order valence-electron chi connectivity index (χ0n) is 16.7. The predicted molar refractivity (Wildman–Crippen MR) is 113 cm³/mol. The van der Waals surface area contributed by atoms with Gasteiger partial charge in [0.25, 0.3) is 11.8 Å². The fourth-order valence-electron chi connectivity index (χ4n) is 4.92. The molecule has 2 aliphatic rings. The van der Waals surface area contributed by atoms with Crippen LogP contribution >= 0.6 is 11.6 Å². The number of aryl methyl sites for hydroxylation is 1. The number of carbonyl (C=O) groups excluding carboxylic acids is 2. The first-order valence-electron chi connectivity index (χ1n) is 10.3. The smallest absolute Gasteiger partial charge is 0.253 e. The second-order valence-electron chi connectivity index (χ2n) is 8.18. The molecule has 0 spiro atoms. The minimum absolute atomic E-state index is 0.0402. The van der Waals surface area contributed by atoms with Crippen molar-refractivity contribution in [3.8, 4) is 0 Å². The minimum Gasteiger partial charge on any atom is -0.349 e. The van der Waals surface area contributed by atoms with E-state index >= 15 is 0 Å². The number of nitrogens with one attached hydrogen (secondary N) is 2. The Balaban J connectivity index is 1.31. The minimum atomic E-state index is -0.0459. The Morgan fingerprint density at radius 3 is 2.45 bits per heavy atom. The maximum atomic E-state index is 12.6. The summed E-state index contributed by atoms with van der Waals surface area (Å²) in [5.41, 5.74) is 2.03. The largest absolute Gasteiger partial charge is 0.349 e. The summed E-state index contributed by atoms with van der Waals surface area (Å²) in [5, 5.41) is 7.00. The normalized spacial score (nSPS) is 25.8. The molecule has 3 unspecified atom stereocenters. The molecule has 2 fully saturated rings. The lowest BCUT2D eigenvalue weighted by molar-refractivity contribution is 0.0927. The highest BCUT2D eigenvalue weighted by molar-refractivity contribution is 6.30. The molecule has 0 aliphatic heterocycles. The topological polar surface area (TPSA) is 71.1 Å². The van der Waals surface area contributed by atoms with Gasteiger partial charge in [-0.3, -0.25) is 14.6 Å². The summed E-state index contributed by atoms with van der Waals surface area (Å²) in [4.78, 5) is 29.3. The third kappa shape index (κ3) is 4.15. The Kier molecular flexibility index (Phi) is 5.59. The van der Waals surface area contributed by atoms with E-state index in [9.17, 15) is 9.59 Å². The maximum absolute atomic E-state index is 12.6. The lowest BCUT2D eigenvalue weighted by atomic mass is 9.98. The molecule has 2 aliphatic carbocycles. The molecule has 5 atom stereocenters. The van der Waals surface area contributed by atoms with Crippen LogP contribution in [-0.4, -0.2) is 28.9 Å². The van der Waals surface area contributed by atoms with E-state index < -0.39 is 0 Å². The van der Waals surface area contributed by atoms with Crippen molar-refractivity contribution in [3.63, 3.8) is 0 Å². The molecule has 2 N–H and O–H groups in total. The lowest BCUT2D eigenvalue weighted by Crippen LogP contribution is -2.39. The van der Waals surface area contributed by atoms with Gasteiger partial charge in [0.2, 0.25) is 0 Å². The number of benzene rings is 1. The van der Waals surface area contributed by atoms with E-state index in [2.05, 4.69) is 22.5 Å². The summed E-state index contributed by atoms with van der Waals surface area (Å²) in [6.45, 7) is 3.97. The van der Waals surface area contributed by atoms with Crippen LogP contribution in [-0.2, 0) is 0 Å². The van der Waals surface area contributed by atoms with Gasteiger partial charge in [0.05, 0.1) is 5.56 Å². The number of aromatic nitrogens is 1. The highest BCUT2D eigenvalue weighted by Crippen LogP contribution is 2.59. The number of pyridine rings is 1. The van der Waals surface area contributed by atoms with Crippen LogP contribution in [0, 0.1) is 24.7 Å². The summed E-state index contributed by atoms with van der Waals surface area (Å²) < 4.78 is 0. The average Bonchev–Trinajstić information content (AvgIpc) is 3.20.